The van der Waals surface area contributed by atoms with E-state index in [4.69, 9.17) is 4.74 Å². The van der Waals surface area contributed by atoms with Crippen LogP contribution in [0.5, 0.6) is 5.75 Å². The molecule has 4 unspecified atom stereocenters. The smallest absolute Gasteiger partial charge is 0.404 e. The molecule has 0 spiro atoms. The number of alkyl halides is 3. The molecule has 0 aliphatic carbocycles. The van der Waals surface area contributed by atoms with Gasteiger partial charge in [-0.3, -0.25) is 4.57 Å². The number of rotatable bonds is 6. The second-order valence-electron chi connectivity index (χ2n) is 8.55. The lowest BCUT2D eigenvalue weighted by atomic mass is 9.95. The van der Waals surface area contributed by atoms with E-state index in [0.717, 1.165) is 24.5 Å². The first-order valence-electron chi connectivity index (χ1n) is 11.3. The monoisotopic (exact) mass is 556 g/mol. The molecule has 2 N–H and O–H groups in total. The van der Waals surface area contributed by atoms with Crippen LogP contribution in [-0.2, 0) is 4.74 Å². The summed E-state index contributed by atoms with van der Waals surface area (Å²) >= 11 is 0. The predicted octanol–water partition coefficient (Wildman–Crippen LogP) is 3.27. The first-order chi connectivity index (χ1) is 18.6. The van der Waals surface area contributed by atoms with Crippen LogP contribution in [0.15, 0.2) is 48.9 Å². The Bertz CT molecular complexity index is 1450. The van der Waals surface area contributed by atoms with Crippen LogP contribution in [0.2, 0.25) is 0 Å². The molecule has 2 aromatic heterocycles. The number of halogens is 6. The minimum atomic E-state index is -4.97. The lowest BCUT2D eigenvalue weighted by Crippen LogP contribution is -2.45. The summed E-state index contributed by atoms with van der Waals surface area (Å²) in [6.45, 7) is -0.647. The van der Waals surface area contributed by atoms with Crippen LogP contribution in [0.1, 0.15) is 24.4 Å². The minimum Gasteiger partial charge on any atom is -0.404 e. The predicted molar refractivity (Wildman–Crippen MR) is 118 cm³/mol. The van der Waals surface area contributed by atoms with E-state index in [2.05, 4.69) is 25.2 Å². The van der Waals surface area contributed by atoms with Gasteiger partial charge in [0.2, 0.25) is 0 Å². The molecule has 10 nitrogen and oxygen atoms in total. The van der Waals surface area contributed by atoms with Gasteiger partial charge in [0, 0.05) is 12.0 Å². The van der Waals surface area contributed by atoms with Crippen molar-refractivity contribution in [1.29, 1.82) is 0 Å². The van der Waals surface area contributed by atoms with Crippen LogP contribution in [0, 0.1) is 17.5 Å². The Hall–Kier alpha value is -4.02. The van der Waals surface area contributed by atoms with Crippen molar-refractivity contribution < 1.29 is 46.0 Å². The molecule has 16 heteroatoms. The highest BCUT2D eigenvalue weighted by molar-refractivity contribution is 5.58. The van der Waals surface area contributed by atoms with Gasteiger partial charge in [0.1, 0.15) is 30.3 Å². The first-order valence-corrected chi connectivity index (χ1v) is 11.3. The maximum absolute atomic E-state index is 13.7. The Morgan fingerprint density at radius 1 is 1.08 bits per heavy atom. The standard InChI is InChI=1S/C23H18F6N6O4/c24-12-5-11(6-13(25)20(12)26)14-8-35(33-31-14)16-7-18(38-19(9-36)21(16)37)22-32-30-10-34(22)15-3-1-2-4-17(15)39-23(27,28)29/h1-6,8,10,16,18-19,21,36-37H,7,9H2. The Balaban J connectivity index is 1.48. The van der Waals surface area contributed by atoms with Gasteiger partial charge in [-0.2, -0.15) is 0 Å². The summed E-state index contributed by atoms with van der Waals surface area (Å²) in [5.41, 5.74) is -0.203. The molecule has 0 radical (unpaired) electrons. The fourth-order valence-electron chi connectivity index (χ4n) is 4.33. The SMILES string of the molecule is OCC1OC(c2nncn2-c2ccccc2OC(F)(F)F)CC(n2cc(-c3cc(F)c(F)c(F)c3)nn2)C1O. The molecule has 1 aliphatic rings. The Morgan fingerprint density at radius 3 is 2.49 bits per heavy atom. The number of para-hydroxylation sites is 2. The van der Waals surface area contributed by atoms with E-state index in [0.29, 0.717) is 0 Å². The second kappa shape index (κ2) is 10.3. The minimum absolute atomic E-state index is 0.0339. The van der Waals surface area contributed by atoms with Gasteiger partial charge in [-0.1, -0.05) is 17.3 Å². The van der Waals surface area contributed by atoms with Gasteiger partial charge in [-0.05, 0) is 24.3 Å². The van der Waals surface area contributed by atoms with E-state index in [1.54, 1.807) is 0 Å². The molecule has 4 atom stereocenters. The van der Waals surface area contributed by atoms with Gasteiger partial charge in [-0.15, -0.1) is 28.5 Å². The number of aromatic nitrogens is 6. The summed E-state index contributed by atoms with van der Waals surface area (Å²) < 4.78 is 92.0. The number of benzene rings is 2. The van der Waals surface area contributed by atoms with Crippen LogP contribution >= 0.6 is 0 Å². The summed E-state index contributed by atoms with van der Waals surface area (Å²) in [4.78, 5) is 0. The topological polar surface area (TPSA) is 120 Å². The summed E-state index contributed by atoms with van der Waals surface area (Å²) in [5.74, 6) is -5.00. The number of hydrogen-bond acceptors (Lipinski definition) is 8. The van der Waals surface area contributed by atoms with Gasteiger partial charge < -0.3 is 19.7 Å². The maximum atomic E-state index is 13.7. The number of nitrogens with zero attached hydrogens (tertiary/aromatic N) is 6. The molecule has 4 aromatic rings. The van der Waals surface area contributed by atoms with Crippen LogP contribution in [-0.4, -0.2) is 65.1 Å². The largest absolute Gasteiger partial charge is 0.573 e. The zero-order chi connectivity index (χ0) is 27.9. The number of aliphatic hydroxyl groups is 2. The second-order valence-corrected chi connectivity index (χ2v) is 8.55. The Morgan fingerprint density at radius 2 is 1.79 bits per heavy atom. The number of hydrogen-bond donors (Lipinski definition) is 2. The van der Waals surface area contributed by atoms with Crippen LogP contribution in [0.3, 0.4) is 0 Å². The van der Waals surface area contributed by atoms with E-state index in [1.165, 1.54) is 33.6 Å². The molecule has 1 saturated heterocycles. The van der Waals surface area contributed by atoms with Crippen molar-refractivity contribution in [2.45, 2.75) is 37.1 Å². The van der Waals surface area contributed by atoms with Crippen LogP contribution in [0.4, 0.5) is 26.3 Å². The van der Waals surface area contributed by atoms with Crippen molar-refractivity contribution in [2.75, 3.05) is 6.61 Å². The summed E-state index contributed by atoms with van der Waals surface area (Å²) in [7, 11) is 0. The van der Waals surface area contributed by atoms with Gasteiger partial charge in [0.25, 0.3) is 0 Å². The third kappa shape index (κ3) is 5.30. The zero-order valence-corrected chi connectivity index (χ0v) is 19.5. The molecule has 39 heavy (non-hydrogen) atoms. The molecule has 2 aromatic carbocycles. The summed E-state index contributed by atoms with van der Waals surface area (Å²) in [5, 5.41) is 36.2. The molecule has 0 saturated carbocycles. The molecular formula is C23H18F6N6O4. The Kier molecular flexibility index (Phi) is 7.00. The zero-order valence-electron chi connectivity index (χ0n) is 19.5. The molecule has 1 fully saturated rings. The first kappa shape index (κ1) is 26.6. The average Bonchev–Trinajstić information content (AvgIpc) is 3.57. The average molecular weight is 556 g/mol. The quantitative estimate of drug-likeness (QED) is 0.274. The summed E-state index contributed by atoms with van der Waals surface area (Å²) in [6.07, 6.45) is -6.19. The van der Waals surface area contributed by atoms with Crippen LogP contribution < -0.4 is 4.74 Å². The fraction of sp³-hybridized carbons (Fsp3) is 0.304. The van der Waals surface area contributed by atoms with E-state index in [1.807, 2.05) is 0 Å². The van der Waals surface area contributed by atoms with Crippen molar-refractivity contribution in [3.63, 3.8) is 0 Å². The lowest BCUT2D eigenvalue weighted by molar-refractivity contribution is -0.274. The van der Waals surface area contributed by atoms with Crippen LogP contribution in [0.25, 0.3) is 16.9 Å². The lowest BCUT2D eigenvalue weighted by Gasteiger charge is -2.38. The number of ether oxygens (including phenoxy) is 2. The highest BCUT2D eigenvalue weighted by Gasteiger charge is 2.42. The molecule has 5 rings (SSSR count). The molecule has 0 amide bonds. The number of aliphatic hydroxyl groups excluding tert-OH is 2. The van der Waals surface area contributed by atoms with Crippen molar-refractivity contribution in [3.05, 3.63) is 72.2 Å². The third-order valence-electron chi connectivity index (χ3n) is 6.09. The summed E-state index contributed by atoms with van der Waals surface area (Å²) in [6, 6.07) is 5.80. The van der Waals surface area contributed by atoms with Crippen molar-refractivity contribution in [3.8, 4) is 22.7 Å². The van der Waals surface area contributed by atoms with E-state index in [-0.39, 0.29) is 29.2 Å². The van der Waals surface area contributed by atoms with Gasteiger partial charge in [0.05, 0.1) is 24.5 Å². The van der Waals surface area contributed by atoms with Crippen molar-refractivity contribution in [1.82, 2.24) is 29.8 Å². The van der Waals surface area contributed by atoms with E-state index < -0.39 is 60.5 Å². The molecular weight excluding hydrogens is 538 g/mol. The Labute approximate surface area is 215 Å². The molecule has 206 valence electrons. The van der Waals surface area contributed by atoms with Gasteiger partial charge in [0.15, 0.2) is 29.0 Å². The van der Waals surface area contributed by atoms with Gasteiger partial charge in [-0.25, -0.2) is 17.9 Å². The highest BCUT2D eigenvalue weighted by atomic mass is 19.4. The molecule has 1 aliphatic heterocycles. The van der Waals surface area contributed by atoms with Gasteiger partial charge >= 0.3 is 6.36 Å². The highest BCUT2D eigenvalue weighted by Crippen LogP contribution is 2.39. The van der Waals surface area contributed by atoms with E-state index >= 15 is 0 Å². The third-order valence-corrected chi connectivity index (χ3v) is 6.09. The van der Waals surface area contributed by atoms with Crippen molar-refractivity contribution >= 4 is 0 Å². The normalized spacial score (nSPS) is 21.7. The molecule has 3 heterocycles. The van der Waals surface area contributed by atoms with E-state index in [9.17, 15) is 36.6 Å². The maximum Gasteiger partial charge on any atom is 0.573 e. The van der Waals surface area contributed by atoms with Crippen molar-refractivity contribution in [2.24, 2.45) is 0 Å². The molecule has 0 bridgehead atoms. The fourth-order valence-corrected chi connectivity index (χ4v) is 4.33.